The smallest absolute Gasteiger partial charge is 0.304 e. The van der Waals surface area contributed by atoms with E-state index in [1.807, 2.05) is 25.3 Å². The fraction of sp³-hybridized carbons (Fsp3) is 0.192. The van der Waals surface area contributed by atoms with Crippen molar-refractivity contribution in [1.29, 1.82) is 0 Å². The Labute approximate surface area is 213 Å². The zero-order valence-electron chi connectivity index (χ0n) is 20.4. The maximum atomic E-state index is 14.6. The predicted molar refractivity (Wildman–Crippen MR) is 134 cm³/mol. The van der Waals surface area contributed by atoms with Crippen LogP contribution in [0.15, 0.2) is 72.0 Å². The molecule has 0 aliphatic heterocycles. The van der Waals surface area contributed by atoms with E-state index in [1.165, 1.54) is 6.07 Å². The molecule has 0 spiro atoms. The summed E-state index contributed by atoms with van der Waals surface area (Å²) in [6.45, 7) is 4.61. The van der Waals surface area contributed by atoms with Crippen molar-refractivity contribution in [3.8, 4) is 22.4 Å². The molecule has 0 atom stereocenters. The Balaban J connectivity index is 1.90. The molecule has 0 saturated heterocycles. The van der Waals surface area contributed by atoms with E-state index in [1.54, 1.807) is 36.1 Å². The number of ether oxygens (including phenoxy) is 1. The normalized spacial score (nSPS) is 11.4. The number of rotatable bonds is 8. The second kappa shape index (κ2) is 10.5. The van der Waals surface area contributed by atoms with Gasteiger partial charge in [0.05, 0.1) is 5.69 Å². The van der Waals surface area contributed by atoms with Crippen molar-refractivity contribution in [2.24, 2.45) is 0 Å². The molecule has 0 N–H and O–H groups in total. The summed E-state index contributed by atoms with van der Waals surface area (Å²) in [5.74, 6) is -2.80. The van der Waals surface area contributed by atoms with Gasteiger partial charge in [-0.05, 0) is 61.4 Å². The zero-order valence-corrected chi connectivity index (χ0v) is 21.2. The molecule has 37 heavy (non-hydrogen) atoms. The Morgan fingerprint density at radius 3 is 2.49 bits per heavy atom. The number of hydrogen-bond acceptors (Lipinski definition) is 6. The summed E-state index contributed by atoms with van der Waals surface area (Å²) in [7, 11) is -4.68. The molecule has 2 aromatic heterocycles. The highest BCUT2D eigenvalue weighted by atomic mass is 32.2. The first kappa shape index (κ1) is 26.0. The number of pyridine rings is 1. The molecule has 0 unspecified atom stereocenters. The van der Waals surface area contributed by atoms with E-state index in [0.29, 0.717) is 29.4 Å². The van der Waals surface area contributed by atoms with Crippen LogP contribution in [0.5, 0.6) is 0 Å². The van der Waals surface area contributed by atoms with Gasteiger partial charge in [-0.1, -0.05) is 12.1 Å². The van der Waals surface area contributed by atoms with Gasteiger partial charge in [0.2, 0.25) is 0 Å². The summed E-state index contributed by atoms with van der Waals surface area (Å²) in [4.78, 5) is 14.8. The number of aromatic nitrogens is 3. The number of aryl methyl sites for hydroxylation is 1. The van der Waals surface area contributed by atoms with Crippen LogP contribution in [0.3, 0.4) is 0 Å². The molecule has 0 saturated carbocycles. The lowest BCUT2D eigenvalue weighted by Gasteiger charge is -2.26. The van der Waals surface area contributed by atoms with E-state index in [4.69, 9.17) is 9.84 Å². The summed E-state index contributed by atoms with van der Waals surface area (Å²) in [6.07, 6.45) is 5.20. The third-order valence-corrected chi connectivity index (χ3v) is 7.50. The van der Waals surface area contributed by atoms with E-state index in [-0.39, 0.29) is 5.69 Å². The van der Waals surface area contributed by atoms with Crippen molar-refractivity contribution in [2.75, 3.05) is 11.0 Å². The summed E-state index contributed by atoms with van der Waals surface area (Å²) in [6, 6.07) is 10.7. The molecule has 11 heteroatoms. The van der Waals surface area contributed by atoms with Gasteiger partial charge in [0.1, 0.15) is 22.2 Å². The van der Waals surface area contributed by atoms with Gasteiger partial charge in [0, 0.05) is 43.2 Å². The maximum absolute atomic E-state index is 14.6. The highest BCUT2D eigenvalue weighted by Gasteiger charge is 2.31. The number of benzene rings is 2. The van der Waals surface area contributed by atoms with Gasteiger partial charge >= 0.3 is 5.97 Å². The highest BCUT2D eigenvalue weighted by molar-refractivity contribution is 7.92. The van der Waals surface area contributed by atoms with E-state index >= 15 is 0 Å². The van der Waals surface area contributed by atoms with Crippen molar-refractivity contribution < 1.29 is 26.7 Å². The Bertz CT molecular complexity index is 1560. The third kappa shape index (κ3) is 5.21. The van der Waals surface area contributed by atoms with E-state index < -0.39 is 39.3 Å². The zero-order chi connectivity index (χ0) is 26.7. The molecule has 0 bridgehead atoms. The summed E-state index contributed by atoms with van der Waals surface area (Å²) in [5, 5.41) is 4.69. The minimum absolute atomic E-state index is 0.120. The summed E-state index contributed by atoms with van der Waals surface area (Å²) < 4.78 is 63.1. The van der Waals surface area contributed by atoms with Crippen LogP contribution in [0.2, 0.25) is 0 Å². The molecule has 8 nitrogen and oxygen atoms in total. The van der Waals surface area contributed by atoms with Gasteiger partial charge in [-0.25, -0.2) is 21.5 Å². The minimum Gasteiger partial charge on any atom is -0.443 e. The molecule has 2 aromatic carbocycles. The molecule has 4 rings (SSSR count). The number of halogens is 2. The van der Waals surface area contributed by atoms with Crippen LogP contribution in [0.1, 0.15) is 19.4 Å². The topological polar surface area (TPSA) is 94.4 Å². The Morgan fingerprint density at radius 2 is 1.81 bits per heavy atom. The van der Waals surface area contributed by atoms with Gasteiger partial charge in [-0.2, -0.15) is 5.10 Å². The second-order valence-electron chi connectivity index (χ2n) is 8.13. The van der Waals surface area contributed by atoms with E-state index in [0.717, 1.165) is 34.5 Å². The van der Waals surface area contributed by atoms with Crippen LogP contribution in [0, 0.1) is 18.6 Å². The van der Waals surface area contributed by atoms with Gasteiger partial charge in [-0.15, -0.1) is 0 Å². The minimum atomic E-state index is -4.68. The molecule has 0 radical (unpaired) electrons. The summed E-state index contributed by atoms with van der Waals surface area (Å²) in [5.41, 5.74) is 3.46. The van der Waals surface area contributed by atoms with Gasteiger partial charge in [-0.3, -0.25) is 14.5 Å². The number of hydrogen-bond donors (Lipinski definition) is 0. The van der Waals surface area contributed by atoms with E-state index in [9.17, 15) is 22.0 Å². The highest BCUT2D eigenvalue weighted by Crippen LogP contribution is 2.37. The Hall–Kier alpha value is -4.12. The molecule has 192 valence electrons. The molecular formula is C26H24F2N4O4S. The lowest BCUT2D eigenvalue weighted by atomic mass is 9.98. The molecule has 2 heterocycles. The molecule has 0 aliphatic carbocycles. The molecule has 0 amide bonds. The lowest BCUT2D eigenvalue weighted by Crippen LogP contribution is -2.35. The van der Waals surface area contributed by atoms with Gasteiger partial charge in [0.15, 0.2) is 6.73 Å². The summed E-state index contributed by atoms with van der Waals surface area (Å²) >= 11 is 0. The number of sulfonamides is 1. The number of carbonyl (C=O) groups excluding carboxylic acids is 1. The van der Waals surface area contributed by atoms with Crippen molar-refractivity contribution in [1.82, 2.24) is 14.8 Å². The molecule has 4 aromatic rings. The Kier molecular flexibility index (Phi) is 7.35. The van der Waals surface area contributed by atoms with Crippen molar-refractivity contribution in [3.05, 3.63) is 84.3 Å². The Morgan fingerprint density at radius 1 is 1.08 bits per heavy atom. The standard InChI is InChI=1S/C26H24F2N4O4S/c1-4-31-15-22(19-10-12-29-13-11-19)26(30-31)21-6-5-7-24(17(21)2)32(16-36-18(3)33)37(34,35)25-14-20(27)8-9-23(25)28/h5-15H,4,16H2,1-3H3. The quantitative estimate of drug-likeness (QED) is 0.239. The first-order chi connectivity index (χ1) is 17.6. The van der Waals surface area contributed by atoms with Crippen LogP contribution in [-0.4, -0.2) is 35.9 Å². The SMILES string of the molecule is CCn1cc(-c2ccncc2)c(-c2cccc(N(COC(C)=O)S(=O)(=O)c3cc(F)ccc3F)c2C)n1. The van der Waals surface area contributed by atoms with Crippen LogP contribution >= 0.6 is 0 Å². The average Bonchev–Trinajstić information content (AvgIpc) is 3.31. The van der Waals surface area contributed by atoms with Crippen molar-refractivity contribution >= 4 is 21.7 Å². The van der Waals surface area contributed by atoms with Crippen LogP contribution in [-0.2, 0) is 26.1 Å². The number of nitrogens with zero attached hydrogens (tertiary/aromatic N) is 4. The predicted octanol–water partition coefficient (Wildman–Crippen LogP) is 4.93. The van der Waals surface area contributed by atoms with Crippen LogP contribution < -0.4 is 4.31 Å². The largest absolute Gasteiger partial charge is 0.443 e. The van der Waals surface area contributed by atoms with Crippen LogP contribution in [0.4, 0.5) is 14.5 Å². The molecular weight excluding hydrogens is 502 g/mol. The fourth-order valence-corrected chi connectivity index (χ4v) is 5.35. The van der Waals surface area contributed by atoms with Crippen molar-refractivity contribution in [3.63, 3.8) is 0 Å². The number of carbonyl (C=O) groups is 1. The van der Waals surface area contributed by atoms with E-state index in [2.05, 4.69) is 4.98 Å². The number of anilines is 1. The maximum Gasteiger partial charge on any atom is 0.304 e. The monoisotopic (exact) mass is 526 g/mol. The number of esters is 1. The van der Waals surface area contributed by atoms with Crippen molar-refractivity contribution in [2.45, 2.75) is 32.2 Å². The van der Waals surface area contributed by atoms with Gasteiger partial charge in [0.25, 0.3) is 10.0 Å². The second-order valence-corrected chi connectivity index (χ2v) is 9.96. The molecule has 0 fully saturated rings. The lowest BCUT2D eigenvalue weighted by molar-refractivity contribution is -0.140. The first-order valence-electron chi connectivity index (χ1n) is 11.3. The average molecular weight is 527 g/mol. The van der Waals surface area contributed by atoms with Crippen LogP contribution in [0.25, 0.3) is 22.4 Å². The third-order valence-electron chi connectivity index (χ3n) is 5.75. The fourth-order valence-electron chi connectivity index (χ4n) is 3.89. The van der Waals surface area contributed by atoms with Gasteiger partial charge < -0.3 is 4.74 Å². The molecule has 0 aliphatic rings. The first-order valence-corrected chi connectivity index (χ1v) is 12.8.